The number of hydrogen-bond acceptors (Lipinski definition) is 20. The van der Waals surface area contributed by atoms with E-state index >= 15 is 0 Å². The number of imide groups is 1. The van der Waals surface area contributed by atoms with Crippen molar-refractivity contribution in [2.45, 2.75) is 223 Å². The summed E-state index contributed by atoms with van der Waals surface area (Å²) in [5.74, 6) is -2.08. The van der Waals surface area contributed by atoms with E-state index in [1.807, 2.05) is 0 Å². The van der Waals surface area contributed by atoms with E-state index in [-0.39, 0.29) is 63.1 Å². The van der Waals surface area contributed by atoms with Crippen LogP contribution >= 0.6 is 0 Å². The van der Waals surface area contributed by atoms with Crippen molar-refractivity contribution in [2.75, 3.05) is 46.5 Å². The lowest BCUT2D eigenvalue weighted by atomic mass is 9.82. The molecule has 1 saturated carbocycles. The predicted octanol–water partition coefficient (Wildman–Crippen LogP) is 2.96. The molecule has 7 amide bonds. The second-order valence-corrected chi connectivity index (χ2v) is 24.7. The number of alkyl carbamates (subject to hydrolysis) is 2. The molecule has 3 saturated heterocycles. The van der Waals surface area contributed by atoms with Crippen LogP contribution in [0.25, 0.3) is 0 Å². The molecule has 1 aliphatic carbocycles. The van der Waals surface area contributed by atoms with Crippen LogP contribution in [0.4, 0.5) is 19.2 Å². The Labute approximate surface area is 477 Å². The van der Waals surface area contributed by atoms with Crippen LogP contribution in [-0.2, 0) is 47.4 Å². The number of carbonyl (C=O) groups excluding carboxylic acids is 6. The first-order chi connectivity index (χ1) is 38.2. The Balaban J connectivity index is 1.32. The molecule has 4 fully saturated rings. The Hall–Kier alpha value is -5.49. The molecule has 27 heteroatoms. The summed E-state index contributed by atoms with van der Waals surface area (Å²) in [6, 6.07) is 0.894. The third-order valence-corrected chi connectivity index (χ3v) is 14.2. The molecule has 1 aromatic rings. The summed E-state index contributed by atoms with van der Waals surface area (Å²) in [6.45, 7) is 16.1. The van der Waals surface area contributed by atoms with E-state index < -0.39 is 157 Å². The highest BCUT2D eigenvalue weighted by Crippen LogP contribution is 2.35. The third-order valence-electron chi connectivity index (χ3n) is 14.2. The first-order valence-electron chi connectivity index (χ1n) is 28.0. The summed E-state index contributed by atoms with van der Waals surface area (Å²) in [5.41, 5.74) is -4.44. The van der Waals surface area contributed by atoms with Gasteiger partial charge in [-0.2, -0.15) is 0 Å². The molecule has 0 radical (unpaired) electrons. The fourth-order valence-corrected chi connectivity index (χ4v) is 10.4. The molecule has 0 aromatic heterocycles. The first kappa shape index (κ1) is 65.7. The van der Waals surface area contributed by atoms with Gasteiger partial charge in [-0.3, -0.25) is 19.3 Å². The number of fused-ring (bicyclic) bond motifs is 1. The van der Waals surface area contributed by atoms with Gasteiger partial charge in [-0.25, -0.2) is 19.2 Å². The first-order valence-corrected chi connectivity index (χ1v) is 28.0. The molecule has 0 spiro atoms. The van der Waals surface area contributed by atoms with Crippen LogP contribution in [0.2, 0.25) is 0 Å². The maximum Gasteiger partial charge on any atom is 0.410 e. The number of carbonyl (C=O) groups is 7. The largest absolute Gasteiger partial charge is 0.465 e. The number of rotatable bonds is 19. The van der Waals surface area contributed by atoms with Gasteiger partial charge in [0.2, 0.25) is 5.91 Å². The minimum absolute atomic E-state index is 0.0217. The summed E-state index contributed by atoms with van der Waals surface area (Å²) in [6.07, 6.45) is -15.6. The number of ether oxygens (including phenoxy) is 9. The molecule has 5 aliphatic rings. The van der Waals surface area contributed by atoms with Gasteiger partial charge in [-0.15, -0.1) is 0 Å². The van der Waals surface area contributed by atoms with E-state index in [0.717, 1.165) is 24.8 Å². The molecule has 0 bridgehead atoms. The normalized spacial score (nSPS) is 30.1. The summed E-state index contributed by atoms with van der Waals surface area (Å²) in [4.78, 5) is 96.7. The standard InChI is InChI=1S/C55H86N6O21/c1-52(2,3)80-48(68)57-33-22-21-30(28-60(51(72)82-54(7,8)9)24-26-75-37-20-14-15-25-74-37)77-46(33)78-41-35(58-49(69)81-53(4,5)6)27-34(40(38(41)63)79-47-39(64)42(59(11)50(70)71)55(10,73)29-76-47)56-43(65)36(62)19-16-23-61-44(66)31-17-12-13-18-32(31)45(61)67/h12-13,17-18,30,33-42,46-47,62-64,73H,14-16,19-29H2,1-11H3,(H,56,65)(H,57,68)(H,58,69)(H,70,71)/t30-,33+,34+,35-,36-,37?,38+,39+,40-,41+,42+,46+,47+,55-/m0/s1. The van der Waals surface area contributed by atoms with Crippen molar-refractivity contribution in [3.8, 4) is 0 Å². The molecule has 4 aliphatic heterocycles. The molecule has 14 atom stereocenters. The monoisotopic (exact) mass is 1170 g/mol. The number of likely N-dealkylation sites (N-methyl/N-ethyl adjacent to an activating group) is 1. The van der Waals surface area contributed by atoms with Gasteiger partial charge in [0, 0.05) is 26.7 Å². The highest BCUT2D eigenvalue weighted by atomic mass is 16.7. The van der Waals surface area contributed by atoms with Gasteiger partial charge in [-0.1, -0.05) is 12.1 Å². The maximum atomic E-state index is 14.1. The maximum absolute atomic E-state index is 14.1. The van der Waals surface area contributed by atoms with Gasteiger partial charge in [-0.05, 0) is 133 Å². The van der Waals surface area contributed by atoms with Gasteiger partial charge in [0.15, 0.2) is 18.9 Å². The summed E-state index contributed by atoms with van der Waals surface area (Å²) in [7, 11) is 1.12. The van der Waals surface area contributed by atoms with E-state index in [1.165, 1.54) is 24.0 Å². The number of aliphatic hydroxyl groups excluding tert-OH is 3. The molecule has 8 N–H and O–H groups in total. The lowest BCUT2D eigenvalue weighted by molar-refractivity contribution is -0.314. The molecule has 1 aromatic carbocycles. The zero-order valence-corrected chi connectivity index (χ0v) is 48.8. The highest BCUT2D eigenvalue weighted by molar-refractivity contribution is 6.21. The van der Waals surface area contributed by atoms with Gasteiger partial charge in [0.1, 0.15) is 52.9 Å². The van der Waals surface area contributed by atoms with Crippen molar-refractivity contribution in [3.05, 3.63) is 35.4 Å². The van der Waals surface area contributed by atoms with E-state index in [2.05, 4.69) is 16.0 Å². The number of nitrogens with zero attached hydrogens (tertiary/aromatic N) is 3. The summed E-state index contributed by atoms with van der Waals surface area (Å²) in [5, 5.41) is 65.4. The Kier molecular flexibility index (Phi) is 22.0. The number of carboxylic acid groups (broad SMARTS) is 1. The average Bonchev–Trinajstić information content (AvgIpc) is 3.75. The molecular weight excluding hydrogens is 1080 g/mol. The van der Waals surface area contributed by atoms with Gasteiger partial charge < -0.3 is 93.9 Å². The zero-order chi connectivity index (χ0) is 60.6. The van der Waals surface area contributed by atoms with Crippen molar-refractivity contribution in [1.82, 2.24) is 30.7 Å². The molecule has 82 heavy (non-hydrogen) atoms. The van der Waals surface area contributed by atoms with Crippen LogP contribution in [0, 0.1) is 0 Å². The van der Waals surface area contributed by atoms with E-state index in [1.54, 1.807) is 74.4 Å². The second-order valence-electron chi connectivity index (χ2n) is 24.7. The minimum atomic E-state index is -2.00. The Bertz CT molecular complexity index is 2350. The zero-order valence-electron chi connectivity index (χ0n) is 48.8. The SMILES string of the molecule is CN(C(=O)O)[C@@H]1[C@@H](O)[C@@H](O[C@@H]2[C@@H](O)[C@H](O[C@H]3O[C@H](CN(CCOC4CCCCO4)C(=O)OC(C)(C)C)CC[C@H]3NC(=O)OC(C)(C)C)[C@@H](NC(=O)OC(C)(C)C)C[C@H]2NC(=O)[C@@H](O)CCCN2C(=O)c3ccccc3C2=O)OC[C@]1(C)O. The molecule has 27 nitrogen and oxygen atoms in total. The molecular formula is C55H86N6O21. The molecule has 4 heterocycles. The molecule has 6 rings (SSSR count). The minimum Gasteiger partial charge on any atom is -0.465 e. The van der Waals surface area contributed by atoms with Gasteiger partial charge in [0.05, 0.1) is 61.2 Å². The fraction of sp³-hybridized carbons (Fsp3) is 0.764. The predicted molar refractivity (Wildman–Crippen MR) is 287 cm³/mol. The average molecular weight is 1170 g/mol. The van der Waals surface area contributed by atoms with Crippen molar-refractivity contribution in [2.24, 2.45) is 0 Å². The Morgan fingerprint density at radius 3 is 1.91 bits per heavy atom. The number of benzene rings is 1. The number of nitrogens with one attached hydrogen (secondary N) is 3. The van der Waals surface area contributed by atoms with Crippen LogP contribution in [0.3, 0.4) is 0 Å². The summed E-state index contributed by atoms with van der Waals surface area (Å²) >= 11 is 0. The van der Waals surface area contributed by atoms with E-state index in [0.29, 0.717) is 17.9 Å². The third kappa shape index (κ3) is 18.0. The van der Waals surface area contributed by atoms with Crippen LogP contribution < -0.4 is 16.0 Å². The lowest BCUT2D eigenvalue weighted by Crippen LogP contribution is -2.70. The Morgan fingerprint density at radius 1 is 0.780 bits per heavy atom. The fourth-order valence-electron chi connectivity index (χ4n) is 10.4. The van der Waals surface area contributed by atoms with Crippen molar-refractivity contribution in [1.29, 1.82) is 0 Å². The van der Waals surface area contributed by atoms with Crippen molar-refractivity contribution >= 4 is 42.1 Å². The second kappa shape index (κ2) is 27.5. The van der Waals surface area contributed by atoms with Crippen LogP contribution in [0.5, 0.6) is 0 Å². The molecule has 462 valence electrons. The Morgan fingerprint density at radius 2 is 1.35 bits per heavy atom. The van der Waals surface area contributed by atoms with Gasteiger partial charge in [0.25, 0.3) is 11.8 Å². The van der Waals surface area contributed by atoms with E-state index in [4.69, 9.17) is 42.6 Å². The van der Waals surface area contributed by atoms with Crippen LogP contribution in [0.15, 0.2) is 24.3 Å². The quantitative estimate of drug-likeness (QED) is 0.0729. The van der Waals surface area contributed by atoms with Crippen molar-refractivity contribution in [3.63, 3.8) is 0 Å². The van der Waals surface area contributed by atoms with Crippen LogP contribution in [0.1, 0.15) is 141 Å². The molecule has 1 unspecified atom stereocenters. The number of amides is 7. The van der Waals surface area contributed by atoms with E-state index in [9.17, 15) is 59.1 Å². The van der Waals surface area contributed by atoms with Crippen molar-refractivity contribution < 1.29 is 102 Å². The smallest absolute Gasteiger partial charge is 0.410 e. The lowest BCUT2D eigenvalue weighted by Gasteiger charge is -2.50. The van der Waals surface area contributed by atoms with Gasteiger partial charge >= 0.3 is 24.4 Å². The number of hydrogen-bond donors (Lipinski definition) is 8. The van der Waals surface area contributed by atoms with Crippen LogP contribution in [-0.4, -0.2) is 231 Å². The summed E-state index contributed by atoms with van der Waals surface area (Å²) < 4.78 is 54.3. The topological polar surface area (TPSA) is 350 Å². The number of aliphatic hydroxyl groups is 4. The highest BCUT2D eigenvalue weighted by Gasteiger charge is 2.55.